The number of benzene rings is 2. The summed E-state index contributed by atoms with van der Waals surface area (Å²) >= 11 is 0. The fourth-order valence-electron chi connectivity index (χ4n) is 3.19. The zero-order valence-corrected chi connectivity index (χ0v) is 11.5. The Labute approximate surface area is 118 Å². The molecular formula is C17H19NO2. The number of aromatic hydroxyl groups is 2. The van der Waals surface area contributed by atoms with E-state index in [0.717, 1.165) is 18.4 Å². The molecule has 0 spiro atoms. The van der Waals surface area contributed by atoms with Crippen molar-refractivity contribution in [2.45, 2.75) is 24.8 Å². The van der Waals surface area contributed by atoms with Crippen molar-refractivity contribution >= 4 is 0 Å². The van der Waals surface area contributed by atoms with Crippen molar-refractivity contribution in [1.82, 2.24) is 5.32 Å². The highest BCUT2D eigenvalue weighted by atomic mass is 16.3. The topological polar surface area (TPSA) is 52.5 Å². The van der Waals surface area contributed by atoms with E-state index in [1.807, 2.05) is 13.1 Å². The van der Waals surface area contributed by atoms with Gasteiger partial charge in [-0.25, -0.2) is 0 Å². The van der Waals surface area contributed by atoms with Crippen LogP contribution in [0.25, 0.3) is 0 Å². The minimum Gasteiger partial charge on any atom is -0.504 e. The van der Waals surface area contributed by atoms with E-state index < -0.39 is 0 Å². The van der Waals surface area contributed by atoms with Crippen molar-refractivity contribution in [3.63, 3.8) is 0 Å². The van der Waals surface area contributed by atoms with Crippen LogP contribution in [-0.4, -0.2) is 17.3 Å². The van der Waals surface area contributed by atoms with Crippen LogP contribution in [-0.2, 0) is 0 Å². The maximum Gasteiger partial charge on any atom is 0.157 e. The Bertz CT molecular complexity index is 624. The zero-order chi connectivity index (χ0) is 14.1. The van der Waals surface area contributed by atoms with Gasteiger partial charge < -0.3 is 15.5 Å². The summed E-state index contributed by atoms with van der Waals surface area (Å²) in [4.78, 5) is 0. The first-order valence-electron chi connectivity index (χ1n) is 6.98. The molecule has 3 nitrogen and oxygen atoms in total. The third-order valence-corrected chi connectivity index (χ3v) is 4.24. The summed E-state index contributed by atoms with van der Waals surface area (Å²) in [5, 5.41) is 22.5. The van der Waals surface area contributed by atoms with Crippen LogP contribution in [0.3, 0.4) is 0 Å². The molecule has 0 bridgehead atoms. The lowest BCUT2D eigenvalue weighted by Gasteiger charge is -2.31. The first-order valence-corrected chi connectivity index (χ1v) is 6.98. The van der Waals surface area contributed by atoms with E-state index in [9.17, 15) is 10.2 Å². The minimum atomic E-state index is -0.0639. The lowest BCUT2D eigenvalue weighted by molar-refractivity contribution is 0.402. The van der Waals surface area contributed by atoms with E-state index in [-0.39, 0.29) is 17.4 Å². The molecule has 0 amide bonds. The summed E-state index contributed by atoms with van der Waals surface area (Å²) in [5.41, 5.74) is 3.70. The Balaban J connectivity index is 2.05. The summed E-state index contributed by atoms with van der Waals surface area (Å²) < 4.78 is 0. The molecular weight excluding hydrogens is 250 g/mol. The number of hydrogen-bond acceptors (Lipinski definition) is 3. The average Bonchev–Trinajstić information content (AvgIpc) is 2.49. The molecule has 1 aliphatic rings. The van der Waals surface area contributed by atoms with Crippen molar-refractivity contribution < 1.29 is 10.2 Å². The van der Waals surface area contributed by atoms with Crippen molar-refractivity contribution in [3.8, 4) is 11.5 Å². The molecule has 0 radical (unpaired) electrons. The molecule has 0 fully saturated rings. The number of rotatable bonds is 2. The van der Waals surface area contributed by atoms with Crippen molar-refractivity contribution in [2.24, 2.45) is 0 Å². The largest absolute Gasteiger partial charge is 0.504 e. The highest BCUT2D eigenvalue weighted by molar-refractivity contribution is 5.47. The summed E-state index contributed by atoms with van der Waals surface area (Å²) in [6.45, 7) is 0. The Morgan fingerprint density at radius 3 is 2.40 bits per heavy atom. The van der Waals surface area contributed by atoms with Crippen LogP contribution in [0, 0.1) is 0 Å². The van der Waals surface area contributed by atoms with Crippen molar-refractivity contribution in [2.75, 3.05) is 7.05 Å². The number of fused-ring (bicyclic) bond motifs is 1. The summed E-state index contributed by atoms with van der Waals surface area (Å²) in [6.07, 6.45) is 2.10. The predicted molar refractivity (Wildman–Crippen MR) is 79.1 cm³/mol. The molecule has 1 aliphatic carbocycles. The van der Waals surface area contributed by atoms with Gasteiger partial charge >= 0.3 is 0 Å². The summed E-state index contributed by atoms with van der Waals surface area (Å²) in [7, 11) is 1.99. The van der Waals surface area contributed by atoms with E-state index in [4.69, 9.17) is 0 Å². The highest BCUT2D eigenvalue weighted by Gasteiger charge is 2.27. The van der Waals surface area contributed by atoms with Gasteiger partial charge in [-0.3, -0.25) is 0 Å². The van der Waals surface area contributed by atoms with E-state index in [0.29, 0.717) is 6.04 Å². The van der Waals surface area contributed by atoms with Crippen LogP contribution < -0.4 is 5.32 Å². The van der Waals surface area contributed by atoms with Gasteiger partial charge in [0, 0.05) is 12.0 Å². The van der Waals surface area contributed by atoms with E-state index in [1.54, 1.807) is 12.1 Å². The highest BCUT2D eigenvalue weighted by Crippen LogP contribution is 2.42. The molecule has 104 valence electrons. The lowest BCUT2D eigenvalue weighted by Crippen LogP contribution is -2.24. The zero-order valence-electron chi connectivity index (χ0n) is 11.5. The molecule has 0 aliphatic heterocycles. The predicted octanol–water partition coefficient (Wildman–Crippen LogP) is 3.28. The SMILES string of the molecule is CN[C@H]1CC[C@H](c2ccc(O)c(O)c2)c2ccccc21. The number of phenolic OH excluding ortho intramolecular Hbond substituents is 2. The number of phenols is 2. The molecule has 0 saturated carbocycles. The molecule has 2 atom stereocenters. The van der Waals surface area contributed by atoms with Crippen molar-refractivity contribution in [3.05, 3.63) is 59.2 Å². The molecule has 0 unspecified atom stereocenters. The number of hydrogen-bond donors (Lipinski definition) is 3. The Hall–Kier alpha value is -2.00. The third-order valence-electron chi connectivity index (χ3n) is 4.24. The summed E-state index contributed by atoms with van der Waals surface area (Å²) in [6, 6.07) is 14.0. The quantitative estimate of drug-likeness (QED) is 0.733. The first kappa shape index (κ1) is 13.0. The maximum atomic E-state index is 9.71. The second kappa shape index (κ2) is 5.17. The Morgan fingerprint density at radius 1 is 0.950 bits per heavy atom. The second-order valence-electron chi connectivity index (χ2n) is 5.35. The molecule has 3 rings (SSSR count). The Morgan fingerprint density at radius 2 is 1.70 bits per heavy atom. The monoisotopic (exact) mass is 269 g/mol. The minimum absolute atomic E-state index is 0.0456. The standard InChI is InChI=1S/C17H19NO2/c1-18-15-8-7-12(13-4-2-3-5-14(13)15)11-6-9-16(19)17(20)10-11/h2-6,9-10,12,15,18-20H,7-8H2,1H3/t12-,15+/m1/s1. The Kier molecular flexibility index (Phi) is 3.36. The van der Waals surface area contributed by atoms with Crippen LogP contribution in [0.1, 0.15) is 41.5 Å². The number of nitrogens with one attached hydrogen (secondary N) is 1. The van der Waals surface area contributed by atoms with E-state index in [1.165, 1.54) is 11.1 Å². The van der Waals surface area contributed by atoms with Gasteiger partial charge in [0.15, 0.2) is 11.5 Å². The van der Waals surface area contributed by atoms with Gasteiger partial charge in [-0.15, -0.1) is 0 Å². The van der Waals surface area contributed by atoms with Gasteiger partial charge in [-0.2, -0.15) is 0 Å². The van der Waals surface area contributed by atoms with Gasteiger partial charge in [0.25, 0.3) is 0 Å². The fraction of sp³-hybridized carbons (Fsp3) is 0.294. The molecule has 0 saturated heterocycles. The normalized spacial score (nSPS) is 21.4. The van der Waals surface area contributed by atoms with Crippen LogP contribution in [0.4, 0.5) is 0 Å². The third kappa shape index (κ3) is 2.14. The van der Waals surface area contributed by atoms with Crippen LogP contribution in [0.15, 0.2) is 42.5 Å². The summed E-state index contributed by atoms with van der Waals surface area (Å²) in [5.74, 6) is 0.170. The maximum absolute atomic E-state index is 9.71. The molecule has 0 aromatic heterocycles. The molecule has 2 aromatic carbocycles. The first-order chi connectivity index (χ1) is 9.70. The lowest BCUT2D eigenvalue weighted by atomic mass is 9.77. The average molecular weight is 269 g/mol. The van der Waals surface area contributed by atoms with Crippen LogP contribution in [0.2, 0.25) is 0 Å². The molecule has 3 N–H and O–H groups in total. The molecule has 20 heavy (non-hydrogen) atoms. The fourth-order valence-corrected chi connectivity index (χ4v) is 3.19. The van der Waals surface area contributed by atoms with Crippen LogP contribution in [0.5, 0.6) is 11.5 Å². The van der Waals surface area contributed by atoms with Gasteiger partial charge in [0.1, 0.15) is 0 Å². The van der Waals surface area contributed by atoms with Gasteiger partial charge in [0.05, 0.1) is 0 Å². The van der Waals surface area contributed by atoms with E-state index in [2.05, 4.69) is 29.6 Å². The molecule has 0 heterocycles. The van der Waals surface area contributed by atoms with E-state index >= 15 is 0 Å². The van der Waals surface area contributed by atoms with Crippen molar-refractivity contribution in [1.29, 1.82) is 0 Å². The molecule has 3 heteroatoms. The van der Waals surface area contributed by atoms with Crippen LogP contribution >= 0.6 is 0 Å². The smallest absolute Gasteiger partial charge is 0.157 e. The molecule has 2 aromatic rings. The van der Waals surface area contributed by atoms with Gasteiger partial charge in [-0.1, -0.05) is 30.3 Å². The van der Waals surface area contributed by atoms with Gasteiger partial charge in [-0.05, 0) is 48.7 Å². The van der Waals surface area contributed by atoms with Gasteiger partial charge in [0.2, 0.25) is 0 Å². The second-order valence-corrected chi connectivity index (χ2v) is 5.35.